The monoisotopic (exact) mass is 244 g/mol. The van der Waals surface area contributed by atoms with Gasteiger partial charge in [-0.15, -0.1) is 0 Å². The highest BCUT2D eigenvalue weighted by Crippen LogP contribution is 2.32. The second-order valence-electron chi connectivity index (χ2n) is 4.82. The largest absolute Gasteiger partial charge is 0.0834 e. The maximum Gasteiger partial charge on any atom is 0.0513 e. The third kappa shape index (κ3) is 2.53. The van der Waals surface area contributed by atoms with E-state index < -0.39 is 0 Å². The maximum absolute atomic E-state index is 6.40. The molecule has 0 spiro atoms. The normalized spacial score (nSPS) is 10.6. The fourth-order valence-electron chi connectivity index (χ4n) is 2.29. The van der Waals surface area contributed by atoms with Crippen LogP contribution in [0.25, 0.3) is 11.1 Å². The average Bonchev–Trinajstić information content (AvgIpc) is 2.22. The fraction of sp³-hybridized carbons (Fsp3) is 0.250. The smallest absolute Gasteiger partial charge is 0.0513 e. The van der Waals surface area contributed by atoms with E-state index in [9.17, 15) is 0 Å². The molecule has 0 N–H and O–H groups in total. The molecule has 0 atom stereocenters. The van der Waals surface area contributed by atoms with Crippen molar-refractivity contribution in [3.8, 4) is 11.1 Å². The van der Waals surface area contributed by atoms with E-state index in [2.05, 4.69) is 58.0 Å². The van der Waals surface area contributed by atoms with Crippen LogP contribution in [0.3, 0.4) is 0 Å². The van der Waals surface area contributed by atoms with Crippen molar-refractivity contribution < 1.29 is 0 Å². The zero-order valence-corrected chi connectivity index (χ0v) is 11.5. The topological polar surface area (TPSA) is 0 Å². The summed E-state index contributed by atoms with van der Waals surface area (Å²) >= 11 is 6.40. The van der Waals surface area contributed by atoms with E-state index >= 15 is 0 Å². The number of halogens is 1. The van der Waals surface area contributed by atoms with E-state index in [1.165, 1.54) is 22.3 Å². The number of hydrogen-bond acceptors (Lipinski definition) is 0. The highest BCUT2D eigenvalue weighted by Gasteiger charge is 2.07. The van der Waals surface area contributed by atoms with Crippen molar-refractivity contribution in [2.75, 3.05) is 0 Å². The van der Waals surface area contributed by atoms with E-state index in [0.717, 1.165) is 16.1 Å². The Labute approximate surface area is 108 Å². The minimum Gasteiger partial charge on any atom is -0.0834 e. The average molecular weight is 245 g/mol. The molecule has 17 heavy (non-hydrogen) atoms. The van der Waals surface area contributed by atoms with Crippen LogP contribution in [0.1, 0.15) is 22.3 Å². The summed E-state index contributed by atoms with van der Waals surface area (Å²) in [6.07, 6.45) is 0. The Balaban J connectivity index is 2.67. The molecule has 1 heteroatoms. The van der Waals surface area contributed by atoms with Gasteiger partial charge in [-0.25, -0.2) is 0 Å². The van der Waals surface area contributed by atoms with Gasteiger partial charge in [0.1, 0.15) is 0 Å². The van der Waals surface area contributed by atoms with Crippen LogP contribution < -0.4 is 0 Å². The van der Waals surface area contributed by atoms with Crippen molar-refractivity contribution in [3.63, 3.8) is 0 Å². The first kappa shape index (κ1) is 12.2. The van der Waals surface area contributed by atoms with Gasteiger partial charge in [-0.2, -0.15) is 0 Å². The Kier molecular flexibility index (Phi) is 3.26. The first-order chi connectivity index (χ1) is 7.97. The molecule has 0 unspecified atom stereocenters. The Bertz CT molecular complexity index is 548. The molecule has 0 amide bonds. The van der Waals surface area contributed by atoms with Crippen LogP contribution in [0.4, 0.5) is 0 Å². The quantitative estimate of drug-likeness (QED) is 0.644. The molecule has 0 nitrogen and oxygen atoms in total. The van der Waals surface area contributed by atoms with E-state index in [4.69, 9.17) is 11.6 Å². The highest BCUT2D eigenvalue weighted by molar-refractivity contribution is 6.34. The molecule has 2 aromatic rings. The maximum atomic E-state index is 6.40. The molecule has 0 radical (unpaired) electrons. The van der Waals surface area contributed by atoms with E-state index in [1.807, 2.05) is 0 Å². The highest BCUT2D eigenvalue weighted by atomic mass is 35.5. The molecule has 0 aromatic heterocycles. The van der Waals surface area contributed by atoms with Gasteiger partial charge in [-0.1, -0.05) is 52.6 Å². The lowest BCUT2D eigenvalue weighted by molar-refractivity contribution is 1.35. The van der Waals surface area contributed by atoms with Crippen LogP contribution in [0.5, 0.6) is 0 Å². The number of aryl methyl sites for hydroxylation is 4. The molecule has 0 aliphatic carbocycles. The van der Waals surface area contributed by atoms with Gasteiger partial charge in [0, 0.05) is 5.56 Å². The van der Waals surface area contributed by atoms with Crippen LogP contribution in [0.2, 0.25) is 5.02 Å². The Morgan fingerprint density at radius 2 is 1.24 bits per heavy atom. The summed E-state index contributed by atoms with van der Waals surface area (Å²) < 4.78 is 0. The summed E-state index contributed by atoms with van der Waals surface area (Å²) in [6.45, 7) is 8.40. The zero-order chi connectivity index (χ0) is 12.6. The Morgan fingerprint density at radius 3 is 1.82 bits per heavy atom. The Hall–Kier alpha value is -1.27. The van der Waals surface area contributed by atoms with Crippen molar-refractivity contribution in [1.29, 1.82) is 0 Å². The predicted molar refractivity (Wildman–Crippen MR) is 75.8 cm³/mol. The van der Waals surface area contributed by atoms with Gasteiger partial charge in [0.25, 0.3) is 0 Å². The summed E-state index contributed by atoms with van der Waals surface area (Å²) in [5, 5.41) is 0.862. The molecule has 0 saturated carbocycles. The predicted octanol–water partition coefficient (Wildman–Crippen LogP) is 5.24. The molecule has 0 aliphatic heterocycles. The van der Waals surface area contributed by atoms with Gasteiger partial charge in [0.2, 0.25) is 0 Å². The van der Waals surface area contributed by atoms with Gasteiger partial charge in [0.15, 0.2) is 0 Å². The number of hydrogen-bond donors (Lipinski definition) is 0. The van der Waals surface area contributed by atoms with Crippen LogP contribution >= 0.6 is 11.6 Å². The summed E-state index contributed by atoms with van der Waals surface area (Å²) in [4.78, 5) is 0. The lowest BCUT2D eigenvalue weighted by Crippen LogP contribution is -1.88. The number of rotatable bonds is 1. The molecule has 2 aromatic carbocycles. The van der Waals surface area contributed by atoms with Crippen molar-refractivity contribution >= 4 is 11.6 Å². The van der Waals surface area contributed by atoms with Crippen molar-refractivity contribution in [2.45, 2.75) is 27.7 Å². The van der Waals surface area contributed by atoms with Crippen molar-refractivity contribution in [2.24, 2.45) is 0 Å². The van der Waals surface area contributed by atoms with Crippen LogP contribution in [-0.2, 0) is 0 Å². The lowest BCUT2D eigenvalue weighted by atomic mass is 9.97. The van der Waals surface area contributed by atoms with Crippen LogP contribution in [0.15, 0.2) is 30.3 Å². The molecule has 0 fully saturated rings. The molecular formula is C16H17Cl. The van der Waals surface area contributed by atoms with E-state index in [1.54, 1.807) is 0 Å². The van der Waals surface area contributed by atoms with Crippen molar-refractivity contribution in [1.82, 2.24) is 0 Å². The van der Waals surface area contributed by atoms with Gasteiger partial charge in [-0.3, -0.25) is 0 Å². The Morgan fingerprint density at radius 1 is 0.706 bits per heavy atom. The summed E-state index contributed by atoms with van der Waals surface area (Å²) in [5.74, 6) is 0. The summed E-state index contributed by atoms with van der Waals surface area (Å²) in [7, 11) is 0. The molecule has 2 rings (SSSR count). The zero-order valence-electron chi connectivity index (χ0n) is 10.8. The first-order valence-electron chi connectivity index (χ1n) is 5.83. The third-order valence-electron chi connectivity index (χ3n) is 2.93. The second kappa shape index (κ2) is 4.54. The van der Waals surface area contributed by atoms with Crippen LogP contribution in [-0.4, -0.2) is 0 Å². The summed E-state index contributed by atoms with van der Waals surface area (Å²) in [5.41, 5.74) is 7.28. The van der Waals surface area contributed by atoms with E-state index in [0.29, 0.717) is 0 Å². The molecule has 0 bridgehead atoms. The minimum atomic E-state index is 0.862. The molecule has 0 saturated heterocycles. The molecule has 88 valence electrons. The first-order valence-corrected chi connectivity index (χ1v) is 6.20. The van der Waals surface area contributed by atoms with Crippen molar-refractivity contribution in [3.05, 3.63) is 57.6 Å². The third-order valence-corrected chi connectivity index (χ3v) is 3.43. The minimum absolute atomic E-state index is 0.862. The number of benzene rings is 2. The molecule has 0 heterocycles. The van der Waals surface area contributed by atoms with Gasteiger partial charge < -0.3 is 0 Å². The lowest BCUT2D eigenvalue weighted by Gasteiger charge is -2.11. The summed E-state index contributed by atoms with van der Waals surface area (Å²) in [6, 6.07) is 10.8. The van der Waals surface area contributed by atoms with Gasteiger partial charge >= 0.3 is 0 Å². The van der Waals surface area contributed by atoms with Gasteiger partial charge in [0.05, 0.1) is 5.02 Å². The van der Waals surface area contributed by atoms with Gasteiger partial charge in [-0.05, 0) is 44.9 Å². The fourth-order valence-corrected chi connectivity index (χ4v) is 2.51. The van der Waals surface area contributed by atoms with E-state index in [-0.39, 0.29) is 0 Å². The SMILES string of the molecule is Cc1cc(C)cc(-c2cc(C)cc(C)c2Cl)c1. The standard InChI is InChI=1S/C16H17Cl/c1-10-5-11(2)8-14(7-10)15-9-12(3)6-13(4)16(15)17/h5-9H,1-4H3. The second-order valence-corrected chi connectivity index (χ2v) is 5.20. The van der Waals surface area contributed by atoms with Crippen LogP contribution in [0, 0.1) is 27.7 Å². The molecular weight excluding hydrogens is 228 g/mol. The molecule has 0 aliphatic rings.